The number of amides is 8. The average molecular weight is 1370 g/mol. The van der Waals surface area contributed by atoms with Crippen LogP contribution in [0.25, 0.3) is 0 Å². The topological polar surface area (TPSA) is 186 Å². The first-order valence-corrected chi connectivity index (χ1v) is 35.2. The normalized spacial score (nSPS) is 21.2. The second kappa shape index (κ2) is 25.8. The van der Waals surface area contributed by atoms with Gasteiger partial charge in [0, 0.05) is 37.5 Å². The number of imide groups is 4. The van der Waals surface area contributed by atoms with E-state index in [1.807, 2.05) is 97.1 Å². The van der Waals surface area contributed by atoms with Crippen molar-refractivity contribution < 1.29 is 57.3 Å². The SMILES string of the molecule is CC1CC(C)(C)CC(C)(CN2C(=O)c3ccc(Oc4ccc(C(C)(C)c5ccc(Oc6ccc7c(c6)C(=O)N(C)C7=O)cc5)cc4)cc3C2=O)C1.CCC1(C)CC(N2C(=O)c3ccc(Oc4ccc(C(C)(C)c5ccc(Oc6ccc7c(c6)C(=O)N(C)C7=O)cc5)cc4)cc3C2=O)CC(C)(C)C1. The predicted octanol–water partition coefficient (Wildman–Crippen LogP) is 18.7. The lowest BCUT2D eigenvalue weighted by Gasteiger charge is -2.48. The van der Waals surface area contributed by atoms with Gasteiger partial charge in [-0.05, 0) is 210 Å². The van der Waals surface area contributed by atoms with Crippen molar-refractivity contribution in [3.8, 4) is 46.0 Å². The van der Waals surface area contributed by atoms with Crippen molar-refractivity contribution in [3.05, 3.63) is 237 Å². The van der Waals surface area contributed by atoms with Crippen LogP contribution in [0.5, 0.6) is 46.0 Å². The van der Waals surface area contributed by atoms with Crippen LogP contribution in [-0.2, 0) is 10.8 Å². The van der Waals surface area contributed by atoms with Gasteiger partial charge >= 0.3 is 0 Å². The molecule has 0 bridgehead atoms. The summed E-state index contributed by atoms with van der Waals surface area (Å²) < 4.78 is 24.4. The lowest BCUT2D eigenvalue weighted by molar-refractivity contribution is 0.0169. The van der Waals surface area contributed by atoms with E-state index >= 15 is 0 Å². The van der Waals surface area contributed by atoms with Crippen LogP contribution in [0.1, 0.15) is 233 Å². The van der Waals surface area contributed by atoms with E-state index in [4.69, 9.17) is 18.9 Å². The van der Waals surface area contributed by atoms with Crippen LogP contribution >= 0.6 is 0 Å². The predicted molar refractivity (Wildman–Crippen MR) is 390 cm³/mol. The molecule has 4 aliphatic heterocycles. The minimum Gasteiger partial charge on any atom is -0.457 e. The number of carbonyl (C=O) groups excluding carboxylic acids is 8. The van der Waals surface area contributed by atoms with Crippen LogP contribution in [-0.4, -0.2) is 93.5 Å². The van der Waals surface area contributed by atoms with Crippen LogP contribution in [0.2, 0.25) is 0 Å². The van der Waals surface area contributed by atoms with Gasteiger partial charge in [-0.15, -0.1) is 0 Å². The monoisotopic (exact) mass is 1370 g/mol. The molecular weight excluding hydrogens is 1280 g/mol. The Hall–Kier alpha value is -10.5. The van der Waals surface area contributed by atoms with Gasteiger partial charge in [-0.1, -0.05) is 138 Å². The fraction of sp³-hybridized carbons (Fsp3) is 0.349. The number of hydrogen-bond acceptors (Lipinski definition) is 12. The Balaban J connectivity index is 0.000000182. The summed E-state index contributed by atoms with van der Waals surface area (Å²) in [7, 11) is 2.94. The van der Waals surface area contributed by atoms with Crippen LogP contribution in [0.3, 0.4) is 0 Å². The second-order valence-corrected chi connectivity index (χ2v) is 32.3. The first kappa shape index (κ1) is 70.0. The number of rotatable bonds is 16. The van der Waals surface area contributed by atoms with E-state index in [0.29, 0.717) is 103 Å². The van der Waals surface area contributed by atoms with Gasteiger partial charge in [0.25, 0.3) is 47.3 Å². The zero-order chi connectivity index (χ0) is 72.9. The molecular formula is C86H88N4O12. The first-order chi connectivity index (χ1) is 48.1. The summed E-state index contributed by atoms with van der Waals surface area (Å²) in [6.07, 6.45) is 6.83. The van der Waals surface area contributed by atoms with E-state index in [2.05, 4.69) is 83.1 Å². The van der Waals surface area contributed by atoms with Crippen molar-refractivity contribution in [1.82, 2.24) is 19.6 Å². The van der Waals surface area contributed by atoms with Crippen molar-refractivity contribution in [2.75, 3.05) is 20.6 Å². The molecule has 0 aromatic heterocycles. The molecule has 2 aliphatic carbocycles. The van der Waals surface area contributed by atoms with Gasteiger partial charge in [0.1, 0.15) is 46.0 Å². The smallest absolute Gasteiger partial charge is 0.261 e. The molecule has 2 saturated carbocycles. The molecule has 524 valence electrons. The molecule has 0 saturated heterocycles. The number of nitrogens with zero attached hydrogens (tertiary/aromatic N) is 4. The van der Waals surface area contributed by atoms with E-state index in [9.17, 15) is 38.4 Å². The van der Waals surface area contributed by atoms with E-state index in [-0.39, 0.29) is 85.8 Å². The molecule has 14 rings (SSSR count). The fourth-order valence-corrected chi connectivity index (χ4v) is 17.2. The Bertz CT molecular complexity index is 4760. The molecule has 8 amide bonds. The Morgan fingerprint density at radius 1 is 0.353 bits per heavy atom. The molecule has 16 heteroatoms. The average Bonchev–Trinajstić information content (AvgIpc) is 1.57. The molecule has 8 aromatic carbocycles. The lowest BCUT2D eigenvalue weighted by atomic mass is 9.61. The van der Waals surface area contributed by atoms with Gasteiger partial charge in [-0.2, -0.15) is 0 Å². The molecule has 0 radical (unpaired) electrons. The Morgan fingerprint density at radius 2 is 0.637 bits per heavy atom. The molecule has 0 spiro atoms. The van der Waals surface area contributed by atoms with Crippen LogP contribution in [0.15, 0.2) is 170 Å². The van der Waals surface area contributed by atoms with Crippen molar-refractivity contribution in [1.29, 1.82) is 0 Å². The number of fused-ring (bicyclic) bond motifs is 4. The van der Waals surface area contributed by atoms with Gasteiger partial charge in [0.05, 0.1) is 44.5 Å². The van der Waals surface area contributed by atoms with Gasteiger partial charge in [0.15, 0.2) is 0 Å². The quantitative estimate of drug-likeness (QED) is 0.0835. The Morgan fingerprint density at radius 3 is 1.00 bits per heavy atom. The Labute approximate surface area is 596 Å². The van der Waals surface area contributed by atoms with E-state index in [1.54, 1.807) is 72.8 Å². The molecule has 0 N–H and O–H groups in total. The van der Waals surface area contributed by atoms with Crippen molar-refractivity contribution >= 4 is 47.3 Å². The van der Waals surface area contributed by atoms with Crippen molar-refractivity contribution in [3.63, 3.8) is 0 Å². The molecule has 4 unspecified atom stereocenters. The molecule has 6 aliphatic rings. The van der Waals surface area contributed by atoms with E-state index in [0.717, 1.165) is 77.0 Å². The number of hydrogen-bond donors (Lipinski definition) is 0. The summed E-state index contributed by atoms with van der Waals surface area (Å²) in [5, 5.41) is 0. The van der Waals surface area contributed by atoms with Gasteiger partial charge in [0.2, 0.25) is 0 Å². The maximum atomic E-state index is 13.7. The summed E-state index contributed by atoms with van der Waals surface area (Å²) >= 11 is 0. The summed E-state index contributed by atoms with van der Waals surface area (Å²) in [5.74, 6) is 2.78. The van der Waals surface area contributed by atoms with Gasteiger partial charge in [-0.25, -0.2) is 0 Å². The lowest BCUT2D eigenvalue weighted by Crippen LogP contribution is -2.49. The third kappa shape index (κ3) is 13.3. The van der Waals surface area contributed by atoms with Gasteiger partial charge < -0.3 is 18.9 Å². The molecule has 4 atom stereocenters. The standard InChI is InChI=1S/2C43H44N2O6/c1-26-22-41(2,3)24-43(6,23-26)25-45-39(48)34-19-17-32(21-36(34)40(45)49)51-30-14-10-28(11-15-30)42(4,5)27-8-12-29(13-9-27)50-31-16-18-33-35(20-31)38(47)44(7)37(33)46;1-8-43(6)24-28(23-41(2,3)25-43)45-39(48)34-20-18-32(22-36(34)40(45)49)51-30-15-11-27(12-16-30)42(4,5)26-9-13-29(14-10-26)50-31-17-19-33-35(21-31)38(47)44(7)37(33)46/h8-21,26H,22-25H2,1-7H3;9-22,28H,8,23-25H2,1-7H3. The summed E-state index contributed by atoms with van der Waals surface area (Å²) in [4.78, 5) is 109. The molecule has 8 aromatic rings. The number of ether oxygens (including phenoxy) is 4. The first-order valence-electron chi connectivity index (χ1n) is 35.2. The second-order valence-electron chi connectivity index (χ2n) is 32.3. The zero-order valence-corrected chi connectivity index (χ0v) is 60.7. The number of carbonyl (C=O) groups is 8. The summed E-state index contributed by atoms with van der Waals surface area (Å²) in [5.41, 5.74) is 6.92. The maximum absolute atomic E-state index is 13.7. The van der Waals surface area contributed by atoms with Crippen molar-refractivity contribution in [2.24, 2.45) is 27.6 Å². The number of benzene rings is 8. The largest absolute Gasteiger partial charge is 0.457 e. The van der Waals surface area contributed by atoms with E-state index in [1.165, 1.54) is 23.9 Å². The zero-order valence-electron chi connectivity index (χ0n) is 60.7. The highest BCUT2D eigenvalue weighted by atomic mass is 16.5. The van der Waals surface area contributed by atoms with Crippen LogP contribution < -0.4 is 18.9 Å². The molecule has 4 heterocycles. The van der Waals surface area contributed by atoms with E-state index < -0.39 is 0 Å². The third-order valence-corrected chi connectivity index (χ3v) is 22.0. The fourth-order valence-electron chi connectivity index (χ4n) is 17.2. The summed E-state index contributed by atoms with van der Waals surface area (Å²) in [6.45, 7) is 27.0. The molecule has 2 fully saturated rings. The van der Waals surface area contributed by atoms with Crippen molar-refractivity contribution in [2.45, 2.75) is 145 Å². The third-order valence-electron chi connectivity index (χ3n) is 22.0. The Kier molecular flexibility index (Phi) is 17.7. The molecule has 16 nitrogen and oxygen atoms in total. The van der Waals surface area contributed by atoms with Gasteiger partial charge in [-0.3, -0.25) is 58.0 Å². The van der Waals surface area contributed by atoms with Crippen LogP contribution in [0.4, 0.5) is 0 Å². The molecule has 102 heavy (non-hydrogen) atoms. The highest BCUT2D eigenvalue weighted by Gasteiger charge is 2.49. The highest BCUT2D eigenvalue weighted by molar-refractivity contribution is 6.23. The minimum absolute atomic E-state index is 0.0458. The summed E-state index contributed by atoms with van der Waals surface area (Å²) in [6, 6.07) is 51.4. The minimum atomic E-state index is -0.340. The van der Waals surface area contributed by atoms with Crippen LogP contribution in [0, 0.1) is 27.6 Å². The highest BCUT2D eigenvalue weighted by Crippen LogP contribution is 2.52. The maximum Gasteiger partial charge on any atom is 0.261 e.